The molecule has 0 aromatic heterocycles. The van der Waals surface area contributed by atoms with Crippen LogP contribution in [0, 0.1) is 6.92 Å². The number of benzene rings is 1. The third-order valence-electron chi connectivity index (χ3n) is 3.97. The summed E-state index contributed by atoms with van der Waals surface area (Å²) in [6.45, 7) is 5.48. The topological polar surface area (TPSA) is 12.0 Å². The monoisotopic (exact) mass is 231 g/mol. The lowest BCUT2D eigenvalue weighted by Gasteiger charge is -2.21. The second kappa shape index (κ2) is 6.20. The van der Waals surface area contributed by atoms with Crippen molar-refractivity contribution in [2.75, 3.05) is 6.54 Å². The number of nitrogens with one attached hydrogen (secondary N) is 1. The average molecular weight is 231 g/mol. The molecule has 1 saturated carbocycles. The maximum atomic E-state index is 3.64. The molecule has 1 aromatic carbocycles. The summed E-state index contributed by atoms with van der Waals surface area (Å²) in [4.78, 5) is 0. The summed E-state index contributed by atoms with van der Waals surface area (Å²) in [5, 5.41) is 3.64. The van der Waals surface area contributed by atoms with E-state index in [4.69, 9.17) is 0 Å². The predicted molar refractivity (Wildman–Crippen MR) is 74.5 cm³/mol. The molecule has 0 heterocycles. The Morgan fingerprint density at radius 1 is 1.12 bits per heavy atom. The van der Waals surface area contributed by atoms with E-state index in [-0.39, 0.29) is 0 Å². The molecule has 1 nitrogen and oxygen atoms in total. The second-order valence-electron chi connectivity index (χ2n) is 5.38. The van der Waals surface area contributed by atoms with Gasteiger partial charge >= 0.3 is 0 Å². The molecular weight excluding hydrogens is 206 g/mol. The summed E-state index contributed by atoms with van der Waals surface area (Å²) in [7, 11) is 0. The summed E-state index contributed by atoms with van der Waals surface area (Å²) in [5.41, 5.74) is 2.91. The van der Waals surface area contributed by atoms with Crippen molar-refractivity contribution in [1.82, 2.24) is 5.32 Å². The largest absolute Gasteiger partial charge is 0.314 e. The molecule has 1 aliphatic carbocycles. The highest BCUT2D eigenvalue weighted by molar-refractivity contribution is 5.24. The molecule has 2 rings (SSSR count). The SMILES string of the molecule is CCNC1CCCCC(c2ccc(C)cc2)C1. The number of hydrogen-bond donors (Lipinski definition) is 1. The lowest BCUT2D eigenvalue weighted by atomic mass is 9.90. The molecule has 1 aromatic rings. The molecule has 94 valence electrons. The first-order valence-electron chi connectivity index (χ1n) is 7.09. The summed E-state index contributed by atoms with van der Waals surface area (Å²) in [6, 6.07) is 9.89. The van der Waals surface area contributed by atoms with Crippen LogP contribution in [0.5, 0.6) is 0 Å². The van der Waals surface area contributed by atoms with E-state index in [1.54, 1.807) is 5.56 Å². The normalized spacial score (nSPS) is 25.5. The van der Waals surface area contributed by atoms with Gasteiger partial charge < -0.3 is 5.32 Å². The standard InChI is InChI=1S/C16H25N/c1-3-17-16-7-5-4-6-15(12-16)14-10-8-13(2)9-11-14/h8-11,15-17H,3-7,12H2,1-2H3. The molecule has 2 unspecified atom stereocenters. The Morgan fingerprint density at radius 2 is 1.82 bits per heavy atom. The molecule has 0 radical (unpaired) electrons. The molecule has 0 aliphatic heterocycles. The van der Waals surface area contributed by atoms with Gasteiger partial charge in [0.25, 0.3) is 0 Å². The van der Waals surface area contributed by atoms with Crippen molar-refractivity contribution < 1.29 is 0 Å². The van der Waals surface area contributed by atoms with Crippen molar-refractivity contribution in [3.8, 4) is 0 Å². The minimum Gasteiger partial charge on any atom is -0.314 e. The van der Waals surface area contributed by atoms with Crippen LogP contribution in [0.4, 0.5) is 0 Å². The third kappa shape index (κ3) is 3.57. The maximum absolute atomic E-state index is 3.64. The van der Waals surface area contributed by atoms with Crippen molar-refractivity contribution in [1.29, 1.82) is 0 Å². The first kappa shape index (κ1) is 12.6. The van der Waals surface area contributed by atoms with Gasteiger partial charge in [-0.2, -0.15) is 0 Å². The molecule has 2 atom stereocenters. The maximum Gasteiger partial charge on any atom is 0.00727 e. The van der Waals surface area contributed by atoms with E-state index >= 15 is 0 Å². The highest BCUT2D eigenvalue weighted by Crippen LogP contribution is 2.31. The highest BCUT2D eigenvalue weighted by atomic mass is 14.9. The third-order valence-corrected chi connectivity index (χ3v) is 3.97. The van der Waals surface area contributed by atoms with Crippen LogP contribution in [0.2, 0.25) is 0 Å². The zero-order chi connectivity index (χ0) is 12.1. The van der Waals surface area contributed by atoms with Crippen molar-refractivity contribution in [3.05, 3.63) is 35.4 Å². The van der Waals surface area contributed by atoms with Crippen LogP contribution in [0.1, 0.15) is 56.1 Å². The second-order valence-corrected chi connectivity index (χ2v) is 5.38. The van der Waals surface area contributed by atoms with Gasteiger partial charge in [0.05, 0.1) is 0 Å². The lowest BCUT2D eigenvalue weighted by molar-refractivity contribution is 0.449. The first-order chi connectivity index (χ1) is 8.29. The number of aryl methyl sites for hydroxylation is 1. The van der Waals surface area contributed by atoms with E-state index in [0.717, 1.165) is 18.5 Å². The fourth-order valence-electron chi connectivity index (χ4n) is 2.98. The zero-order valence-corrected chi connectivity index (χ0v) is 11.2. The Labute approximate surface area is 106 Å². The molecule has 1 heteroatoms. The van der Waals surface area contributed by atoms with E-state index in [1.165, 1.54) is 37.7 Å². The molecule has 0 amide bonds. The van der Waals surface area contributed by atoms with Crippen molar-refractivity contribution in [2.45, 2.75) is 57.9 Å². The molecule has 0 spiro atoms. The summed E-state index contributed by atoms with van der Waals surface area (Å²) in [5.74, 6) is 0.766. The van der Waals surface area contributed by atoms with Crippen LogP contribution in [0.15, 0.2) is 24.3 Å². The molecule has 1 N–H and O–H groups in total. The van der Waals surface area contributed by atoms with Gasteiger partial charge in [-0.05, 0) is 44.2 Å². The van der Waals surface area contributed by atoms with Gasteiger partial charge in [0.15, 0.2) is 0 Å². The Hall–Kier alpha value is -0.820. The minimum atomic E-state index is 0.730. The quantitative estimate of drug-likeness (QED) is 0.775. The van der Waals surface area contributed by atoms with Gasteiger partial charge in [-0.15, -0.1) is 0 Å². The van der Waals surface area contributed by atoms with Crippen molar-refractivity contribution in [3.63, 3.8) is 0 Å². The van der Waals surface area contributed by atoms with E-state index < -0.39 is 0 Å². The molecule has 1 fully saturated rings. The number of rotatable bonds is 3. The van der Waals surface area contributed by atoms with Gasteiger partial charge in [-0.1, -0.05) is 49.6 Å². The number of hydrogen-bond acceptors (Lipinski definition) is 1. The Kier molecular flexibility index (Phi) is 4.61. The predicted octanol–water partition coefficient (Wildman–Crippen LogP) is 4.02. The Morgan fingerprint density at radius 3 is 2.53 bits per heavy atom. The van der Waals surface area contributed by atoms with Crippen molar-refractivity contribution in [2.24, 2.45) is 0 Å². The molecule has 0 saturated heterocycles. The van der Waals surface area contributed by atoms with Gasteiger partial charge in [-0.3, -0.25) is 0 Å². The minimum absolute atomic E-state index is 0.730. The lowest BCUT2D eigenvalue weighted by Crippen LogP contribution is -2.29. The van der Waals surface area contributed by atoms with E-state index in [2.05, 4.69) is 43.4 Å². The zero-order valence-electron chi connectivity index (χ0n) is 11.2. The molecule has 1 aliphatic rings. The van der Waals surface area contributed by atoms with E-state index in [9.17, 15) is 0 Å². The van der Waals surface area contributed by atoms with Crippen molar-refractivity contribution >= 4 is 0 Å². The van der Waals surface area contributed by atoms with Crippen LogP contribution < -0.4 is 5.32 Å². The van der Waals surface area contributed by atoms with Crippen LogP contribution in [-0.2, 0) is 0 Å². The smallest absolute Gasteiger partial charge is 0.00727 e. The molecule has 0 bridgehead atoms. The molecule has 17 heavy (non-hydrogen) atoms. The van der Waals surface area contributed by atoms with E-state index in [0.29, 0.717) is 0 Å². The summed E-state index contributed by atoms with van der Waals surface area (Å²) >= 11 is 0. The highest BCUT2D eigenvalue weighted by Gasteiger charge is 2.20. The average Bonchev–Trinajstić information content (AvgIpc) is 2.56. The fraction of sp³-hybridized carbons (Fsp3) is 0.625. The van der Waals surface area contributed by atoms with Gasteiger partial charge in [0.2, 0.25) is 0 Å². The molecular formula is C16H25N. The summed E-state index contributed by atoms with van der Waals surface area (Å²) < 4.78 is 0. The summed E-state index contributed by atoms with van der Waals surface area (Å²) in [6.07, 6.45) is 6.82. The fourth-order valence-corrected chi connectivity index (χ4v) is 2.98. The van der Waals surface area contributed by atoms with Gasteiger partial charge in [-0.25, -0.2) is 0 Å². The van der Waals surface area contributed by atoms with Crippen LogP contribution in [0.3, 0.4) is 0 Å². The van der Waals surface area contributed by atoms with E-state index in [1.807, 2.05) is 0 Å². The first-order valence-corrected chi connectivity index (χ1v) is 7.09. The Balaban J connectivity index is 2.05. The van der Waals surface area contributed by atoms with Crippen LogP contribution >= 0.6 is 0 Å². The van der Waals surface area contributed by atoms with Crippen LogP contribution in [-0.4, -0.2) is 12.6 Å². The Bertz CT molecular complexity index is 328. The van der Waals surface area contributed by atoms with Gasteiger partial charge in [0.1, 0.15) is 0 Å². The van der Waals surface area contributed by atoms with Gasteiger partial charge in [0, 0.05) is 6.04 Å². The van der Waals surface area contributed by atoms with Crippen LogP contribution in [0.25, 0.3) is 0 Å².